The van der Waals surface area contributed by atoms with Crippen LogP contribution < -0.4 is 5.32 Å². The zero-order valence-corrected chi connectivity index (χ0v) is 11.3. The lowest BCUT2D eigenvalue weighted by Crippen LogP contribution is -2.17. The first-order valence-electron chi connectivity index (χ1n) is 6.34. The summed E-state index contributed by atoms with van der Waals surface area (Å²) in [5.41, 5.74) is 3.11. The topological polar surface area (TPSA) is 43.0 Å². The van der Waals surface area contributed by atoms with Crippen LogP contribution in [0, 0.1) is 6.92 Å². The summed E-state index contributed by atoms with van der Waals surface area (Å²) in [5.74, 6) is 0.891. The molecule has 0 bridgehead atoms. The summed E-state index contributed by atoms with van der Waals surface area (Å²) >= 11 is 0. The molecule has 4 nitrogen and oxygen atoms in total. The lowest BCUT2D eigenvalue weighted by atomic mass is 10.1. The first kappa shape index (κ1) is 12.0. The highest BCUT2D eigenvalue weighted by molar-refractivity contribution is 5.78. The van der Waals surface area contributed by atoms with Crippen molar-refractivity contribution in [3.05, 3.63) is 53.5 Å². The van der Waals surface area contributed by atoms with E-state index in [-0.39, 0.29) is 6.04 Å². The lowest BCUT2D eigenvalue weighted by Gasteiger charge is -2.10. The van der Waals surface area contributed by atoms with Crippen LogP contribution in [0.1, 0.15) is 23.1 Å². The number of hydrogen-bond donors (Lipinski definition) is 1. The Morgan fingerprint density at radius 1 is 1.26 bits per heavy atom. The molecule has 0 spiro atoms. The van der Waals surface area contributed by atoms with Crippen molar-refractivity contribution in [2.24, 2.45) is 7.05 Å². The van der Waals surface area contributed by atoms with Gasteiger partial charge in [0.2, 0.25) is 0 Å². The fourth-order valence-electron chi connectivity index (χ4n) is 2.35. The molecular formula is C15H17N3O. The zero-order chi connectivity index (χ0) is 13.4. The van der Waals surface area contributed by atoms with Crippen LogP contribution in [0.2, 0.25) is 0 Å². The van der Waals surface area contributed by atoms with Gasteiger partial charge in [-0.2, -0.15) is 5.10 Å². The van der Waals surface area contributed by atoms with Gasteiger partial charge in [-0.1, -0.05) is 11.6 Å². The molecule has 0 radical (unpaired) electrons. The van der Waals surface area contributed by atoms with E-state index in [2.05, 4.69) is 35.5 Å². The summed E-state index contributed by atoms with van der Waals surface area (Å²) in [6.45, 7) is 2.08. The van der Waals surface area contributed by atoms with Gasteiger partial charge in [-0.25, -0.2) is 0 Å². The second kappa shape index (κ2) is 4.55. The molecule has 0 aliphatic rings. The Morgan fingerprint density at radius 3 is 2.79 bits per heavy atom. The first-order valence-corrected chi connectivity index (χ1v) is 6.34. The summed E-state index contributed by atoms with van der Waals surface area (Å²) in [4.78, 5) is 0. The van der Waals surface area contributed by atoms with E-state index < -0.39 is 0 Å². The summed E-state index contributed by atoms with van der Waals surface area (Å²) in [6.07, 6.45) is 1.94. The van der Waals surface area contributed by atoms with Gasteiger partial charge < -0.3 is 9.73 Å². The highest BCUT2D eigenvalue weighted by Crippen LogP contribution is 2.27. The molecule has 0 aliphatic carbocycles. The molecule has 2 heterocycles. The van der Waals surface area contributed by atoms with E-state index in [4.69, 9.17) is 4.42 Å². The Balaban J connectivity index is 2.06. The fraction of sp³-hybridized carbons (Fsp3) is 0.267. The second-order valence-electron chi connectivity index (χ2n) is 4.83. The van der Waals surface area contributed by atoms with Gasteiger partial charge in [0, 0.05) is 18.6 Å². The predicted molar refractivity (Wildman–Crippen MR) is 75.1 cm³/mol. The van der Waals surface area contributed by atoms with Crippen molar-refractivity contribution in [1.82, 2.24) is 15.1 Å². The van der Waals surface area contributed by atoms with Crippen LogP contribution in [0.5, 0.6) is 0 Å². The summed E-state index contributed by atoms with van der Waals surface area (Å²) in [5, 5.41) is 8.82. The maximum absolute atomic E-state index is 5.93. The van der Waals surface area contributed by atoms with Gasteiger partial charge in [-0.15, -0.1) is 0 Å². The van der Waals surface area contributed by atoms with E-state index in [0.717, 1.165) is 22.4 Å². The number of fused-ring (bicyclic) bond motifs is 1. The molecule has 2 aromatic heterocycles. The highest BCUT2D eigenvalue weighted by atomic mass is 16.3. The van der Waals surface area contributed by atoms with E-state index in [1.165, 1.54) is 5.56 Å². The average molecular weight is 255 g/mol. The van der Waals surface area contributed by atoms with E-state index in [1.807, 2.05) is 32.4 Å². The Hall–Kier alpha value is -2.07. The maximum Gasteiger partial charge on any atom is 0.134 e. The van der Waals surface area contributed by atoms with Gasteiger partial charge in [0.1, 0.15) is 17.4 Å². The van der Waals surface area contributed by atoms with Crippen LogP contribution in [-0.4, -0.2) is 16.8 Å². The third-order valence-corrected chi connectivity index (χ3v) is 3.29. The van der Waals surface area contributed by atoms with Gasteiger partial charge in [0.15, 0.2) is 0 Å². The Kier molecular flexibility index (Phi) is 2.87. The van der Waals surface area contributed by atoms with Gasteiger partial charge in [0.25, 0.3) is 0 Å². The monoisotopic (exact) mass is 255 g/mol. The van der Waals surface area contributed by atoms with E-state index >= 15 is 0 Å². The number of benzene rings is 1. The summed E-state index contributed by atoms with van der Waals surface area (Å²) < 4.78 is 7.73. The quantitative estimate of drug-likeness (QED) is 0.782. The molecule has 1 unspecified atom stereocenters. The fourth-order valence-corrected chi connectivity index (χ4v) is 2.35. The third-order valence-electron chi connectivity index (χ3n) is 3.29. The van der Waals surface area contributed by atoms with Crippen molar-refractivity contribution < 1.29 is 4.42 Å². The molecule has 3 aromatic rings. The van der Waals surface area contributed by atoms with Crippen molar-refractivity contribution in [2.75, 3.05) is 7.05 Å². The minimum Gasteiger partial charge on any atom is -0.459 e. The zero-order valence-electron chi connectivity index (χ0n) is 11.3. The molecule has 4 heteroatoms. The summed E-state index contributed by atoms with van der Waals surface area (Å²) in [6, 6.07) is 10.3. The van der Waals surface area contributed by atoms with Crippen molar-refractivity contribution in [3.8, 4) is 0 Å². The Bertz CT molecular complexity index is 711. The molecule has 1 atom stereocenters. The van der Waals surface area contributed by atoms with Gasteiger partial charge in [0.05, 0.1) is 5.69 Å². The van der Waals surface area contributed by atoms with Crippen molar-refractivity contribution in [2.45, 2.75) is 13.0 Å². The molecule has 3 rings (SSSR count). The van der Waals surface area contributed by atoms with Crippen LogP contribution in [0.3, 0.4) is 0 Å². The molecule has 0 saturated heterocycles. The van der Waals surface area contributed by atoms with Crippen molar-refractivity contribution in [3.63, 3.8) is 0 Å². The summed E-state index contributed by atoms with van der Waals surface area (Å²) in [7, 11) is 3.83. The van der Waals surface area contributed by atoms with Crippen LogP contribution in [0.25, 0.3) is 11.0 Å². The molecule has 0 amide bonds. The number of furan rings is 1. The van der Waals surface area contributed by atoms with Crippen molar-refractivity contribution >= 4 is 11.0 Å². The number of nitrogens with one attached hydrogen (secondary N) is 1. The van der Waals surface area contributed by atoms with E-state index in [1.54, 1.807) is 4.68 Å². The van der Waals surface area contributed by atoms with E-state index in [9.17, 15) is 0 Å². The van der Waals surface area contributed by atoms with Crippen LogP contribution in [0.4, 0.5) is 0 Å². The van der Waals surface area contributed by atoms with Gasteiger partial charge in [-0.3, -0.25) is 4.68 Å². The predicted octanol–water partition coefficient (Wildman–Crippen LogP) is 2.78. The first-order chi connectivity index (χ1) is 9.17. The molecule has 0 fully saturated rings. The molecule has 0 aliphatic heterocycles. The second-order valence-corrected chi connectivity index (χ2v) is 4.83. The van der Waals surface area contributed by atoms with Gasteiger partial charge >= 0.3 is 0 Å². The molecule has 1 aromatic carbocycles. The minimum absolute atomic E-state index is 0.0195. The lowest BCUT2D eigenvalue weighted by molar-refractivity contribution is 0.482. The standard InChI is InChI=1S/C15H17N3O/c1-10-4-5-13-11(8-10)9-14(19-13)15(16-2)12-6-7-18(3)17-12/h4-9,15-16H,1-3H3. The molecule has 98 valence electrons. The molecular weight excluding hydrogens is 238 g/mol. The normalized spacial score (nSPS) is 13.0. The number of rotatable bonds is 3. The maximum atomic E-state index is 5.93. The Morgan fingerprint density at radius 2 is 2.11 bits per heavy atom. The van der Waals surface area contributed by atoms with Crippen LogP contribution in [0.15, 0.2) is 40.9 Å². The number of aromatic nitrogens is 2. The molecule has 1 N–H and O–H groups in total. The average Bonchev–Trinajstić information content (AvgIpc) is 2.96. The van der Waals surface area contributed by atoms with Crippen LogP contribution >= 0.6 is 0 Å². The molecule has 19 heavy (non-hydrogen) atoms. The number of aryl methyl sites for hydroxylation is 2. The van der Waals surface area contributed by atoms with Crippen LogP contribution in [-0.2, 0) is 7.05 Å². The SMILES string of the molecule is CNC(c1ccn(C)n1)c1cc2cc(C)ccc2o1. The highest BCUT2D eigenvalue weighted by Gasteiger charge is 2.19. The smallest absolute Gasteiger partial charge is 0.134 e. The largest absolute Gasteiger partial charge is 0.459 e. The van der Waals surface area contributed by atoms with E-state index in [0.29, 0.717) is 0 Å². The minimum atomic E-state index is -0.0195. The third kappa shape index (κ3) is 2.15. The van der Waals surface area contributed by atoms with Crippen molar-refractivity contribution in [1.29, 1.82) is 0 Å². The van der Waals surface area contributed by atoms with Gasteiger partial charge in [-0.05, 0) is 38.2 Å². The Labute approximate surface area is 112 Å². The number of hydrogen-bond acceptors (Lipinski definition) is 3. The number of nitrogens with zero attached hydrogens (tertiary/aromatic N) is 2. The molecule has 0 saturated carbocycles.